The molecule has 4 aromatic rings. The van der Waals surface area contributed by atoms with Gasteiger partial charge >= 0.3 is 0 Å². The number of piperazine rings is 1. The first-order valence-electron chi connectivity index (χ1n) is 12.9. The van der Waals surface area contributed by atoms with Gasteiger partial charge in [-0.3, -0.25) is 4.90 Å². The summed E-state index contributed by atoms with van der Waals surface area (Å²) in [6.07, 6.45) is 5.25. The van der Waals surface area contributed by atoms with Crippen molar-refractivity contribution in [1.29, 1.82) is 0 Å². The number of hydrogen-bond donors (Lipinski definition) is 1. The third-order valence-electron chi connectivity index (χ3n) is 7.46. The zero-order valence-electron chi connectivity index (χ0n) is 21.2. The Balaban J connectivity index is 1.25. The van der Waals surface area contributed by atoms with Crippen LogP contribution in [-0.4, -0.2) is 47.7 Å². The van der Waals surface area contributed by atoms with Crippen LogP contribution in [0, 0.1) is 0 Å². The van der Waals surface area contributed by atoms with Crippen molar-refractivity contribution in [3.63, 3.8) is 0 Å². The van der Waals surface area contributed by atoms with Crippen molar-refractivity contribution >= 4 is 16.7 Å². The lowest BCUT2D eigenvalue weighted by Gasteiger charge is -2.36. The lowest BCUT2D eigenvalue weighted by atomic mass is 10.1. The molecule has 182 valence electrons. The van der Waals surface area contributed by atoms with Crippen molar-refractivity contribution in [3.05, 3.63) is 95.3 Å². The Hall–Kier alpha value is -3.15. The van der Waals surface area contributed by atoms with E-state index in [0.29, 0.717) is 6.04 Å². The van der Waals surface area contributed by atoms with E-state index in [1.54, 1.807) is 0 Å². The standard InChI is InChI=1S/C30H37N5/c1-4-24-5-7-25(8-6-24)21-33-17-19-34(20-18-33)29-13-15-32-30-28(29)14-16-35(30)22-26-9-11-27(12-10-26)23(2)31-3/h5-16,23,31H,4,17-22H2,1-3H3. The fraction of sp³-hybridized carbons (Fsp3) is 0.367. The molecule has 5 nitrogen and oxygen atoms in total. The molecular weight excluding hydrogens is 430 g/mol. The van der Waals surface area contributed by atoms with Crippen molar-refractivity contribution in [2.24, 2.45) is 0 Å². The van der Waals surface area contributed by atoms with Gasteiger partial charge in [0.2, 0.25) is 0 Å². The summed E-state index contributed by atoms with van der Waals surface area (Å²) in [4.78, 5) is 9.85. The van der Waals surface area contributed by atoms with Crippen LogP contribution in [0.25, 0.3) is 11.0 Å². The second kappa shape index (κ2) is 10.6. The number of nitrogens with one attached hydrogen (secondary N) is 1. The van der Waals surface area contributed by atoms with Crippen LogP contribution in [0.5, 0.6) is 0 Å². The summed E-state index contributed by atoms with van der Waals surface area (Å²) < 4.78 is 2.27. The van der Waals surface area contributed by atoms with Gasteiger partial charge in [0.05, 0.1) is 0 Å². The van der Waals surface area contributed by atoms with Crippen LogP contribution in [0.2, 0.25) is 0 Å². The molecule has 0 amide bonds. The molecule has 35 heavy (non-hydrogen) atoms. The first-order chi connectivity index (χ1) is 17.1. The normalized spacial score (nSPS) is 15.6. The summed E-state index contributed by atoms with van der Waals surface area (Å²) in [5.74, 6) is 0. The third-order valence-corrected chi connectivity index (χ3v) is 7.46. The van der Waals surface area contributed by atoms with E-state index in [1.807, 2.05) is 13.2 Å². The highest BCUT2D eigenvalue weighted by Crippen LogP contribution is 2.28. The summed E-state index contributed by atoms with van der Waals surface area (Å²) in [7, 11) is 2.00. The van der Waals surface area contributed by atoms with Crippen molar-refractivity contribution in [3.8, 4) is 0 Å². The molecule has 0 bridgehead atoms. The predicted octanol–water partition coefficient (Wildman–Crippen LogP) is 5.25. The zero-order valence-corrected chi connectivity index (χ0v) is 21.2. The lowest BCUT2D eigenvalue weighted by molar-refractivity contribution is 0.250. The smallest absolute Gasteiger partial charge is 0.142 e. The molecule has 1 aliphatic rings. The Morgan fingerprint density at radius 1 is 0.829 bits per heavy atom. The van der Waals surface area contributed by atoms with Crippen LogP contribution in [-0.2, 0) is 19.5 Å². The van der Waals surface area contributed by atoms with E-state index >= 15 is 0 Å². The molecule has 5 rings (SSSR count). The van der Waals surface area contributed by atoms with E-state index < -0.39 is 0 Å². The lowest BCUT2D eigenvalue weighted by Crippen LogP contribution is -2.46. The van der Waals surface area contributed by atoms with Gasteiger partial charge < -0.3 is 14.8 Å². The molecule has 0 aliphatic carbocycles. The van der Waals surface area contributed by atoms with Crippen LogP contribution in [0.3, 0.4) is 0 Å². The second-order valence-electron chi connectivity index (χ2n) is 9.70. The zero-order chi connectivity index (χ0) is 24.2. The highest BCUT2D eigenvalue weighted by atomic mass is 15.3. The quantitative estimate of drug-likeness (QED) is 0.384. The van der Waals surface area contributed by atoms with Gasteiger partial charge in [-0.25, -0.2) is 4.98 Å². The molecule has 1 atom stereocenters. The minimum absolute atomic E-state index is 0.364. The molecule has 0 radical (unpaired) electrons. The van der Waals surface area contributed by atoms with Crippen LogP contribution >= 0.6 is 0 Å². The summed E-state index contributed by atoms with van der Waals surface area (Å²) in [5, 5.41) is 4.55. The van der Waals surface area contributed by atoms with Crippen LogP contribution in [0.15, 0.2) is 73.1 Å². The van der Waals surface area contributed by atoms with Gasteiger partial charge in [0.25, 0.3) is 0 Å². The van der Waals surface area contributed by atoms with Crippen molar-refractivity contribution in [1.82, 2.24) is 19.8 Å². The van der Waals surface area contributed by atoms with Crippen molar-refractivity contribution < 1.29 is 0 Å². The highest BCUT2D eigenvalue weighted by molar-refractivity contribution is 5.90. The number of aryl methyl sites for hydroxylation is 1. The maximum absolute atomic E-state index is 4.75. The molecular formula is C30H37N5. The maximum atomic E-state index is 4.75. The van der Waals surface area contributed by atoms with Crippen LogP contribution in [0.1, 0.15) is 42.1 Å². The summed E-state index contributed by atoms with van der Waals surface area (Å²) >= 11 is 0. The molecule has 1 fully saturated rings. The Morgan fingerprint density at radius 3 is 2.17 bits per heavy atom. The Labute approximate surface area is 209 Å². The van der Waals surface area contributed by atoms with E-state index in [1.165, 1.54) is 33.3 Å². The van der Waals surface area contributed by atoms with Gasteiger partial charge in [-0.05, 0) is 54.8 Å². The van der Waals surface area contributed by atoms with Crippen LogP contribution < -0.4 is 10.2 Å². The monoisotopic (exact) mass is 467 g/mol. The maximum Gasteiger partial charge on any atom is 0.142 e. The molecule has 1 N–H and O–H groups in total. The molecule has 1 unspecified atom stereocenters. The van der Waals surface area contributed by atoms with E-state index in [4.69, 9.17) is 4.98 Å². The predicted molar refractivity (Wildman–Crippen MR) is 146 cm³/mol. The first-order valence-corrected chi connectivity index (χ1v) is 12.9. The molecule has 1 saturated heterocycles. The van der Waals surface area contributed by atoms with Crippen LogP contribution in [0.4, 0.5) is 5.69 Å². The molecule has 2 aromatic carbocycles. The Kier molecular flexibility index (Phi) is 7.16. The molecule has 5 heteroatoms. The SMILES string of the molecule is CCc1ccc(CN2CCN(c3ccnc4c3ccn4Cc3ccc(C(C)NC)cc3)CC2)cc1. The first kappa shape index (κ1) is 23.6. The van der Waals surface area contributed by atoms with E-state index in [2.05, 4.69) is 100 Å². The summed E-state index contributed by atoms with van der Waals surface area (Å²) in [5.41, 5.74) is 7.79. The van der Waals surface area contributed by atoms with E-state index in [0.717, 1.165) is 51.3 Å². The summed E-state index contributed by atoms with van der Waals surface area (Å²) in [6, 6.07) is 22.8. The van der Waals surface area contributed by atoms with E-state index in [9.17, 15) is 0 Å². The van der Waals surface area contributed by atoms with Gasteiger partial charge in [-0.1, -0.05) is 55.5 Å². The minimum atomic E-state index is 0.364. The van der Waals surface area contributed by atoms with Gasteiger partial charge in [0.15, 0.2) is 0 Å². The van der Waals surface area contributed by atoms with Gasteiger partial charge in [0, 0.05) is 68.8 Å². The van der Waals surface area contributed by atoms with E-state index in [-0.39, 0.29) is 0 Å². The Morgan fingerprint density at radius 2 is 1.49 bits per heavy atom. The fourth-order valence-corrected chi connectivity index (χ4v) is 5.04. The number of hydrogen-bond acceptors (Lipinski definition) is 4. The molecule has 2 aromatic heterocycles. The number of fused-ring (bicyclic) bond motifs is 1. The number of nitrogens with zero attached hydrogens (tertiary/aromatic N) is 4. The molecule has 3 heterocycles. The van der Waals surface area contributed by atoms with Gasteiger partial charge in [-0.2, -0.15) is 0 Å². The average molecular weight is 468 g/mol. The Bertz CT molecular complexity index is 1230. The largest absolute Gasteiger partial charge is 0.368 e. The number of pyridine rings is 1. The van der Waals surface area contributed by atoms with Crippen molar-refractivity contribution in [2.45, 2.75) is 39.4 Å². The van der Waals surface area contributed by atoms with Gasteiger partial charge in [0.1, 0.15) is 5.65 Å². The number of rotatable bonds is 8. The highest BCUT2D eigenvalue weighted by Gasteiger charge is 2.20. The second-order valence-corrected chi connectivity index (χ2v) is 9.70. The third kappa shape index (κ3) is 5.26. The van der Waals surface area contributed by atoms with Gasteiger partial charge in [-0.15, -0.1) is 0 Å². The number of anilines is 1. The number of aromatic nitrogens is 2. The molecule has 1 aliphatic heterocycles. The average Bonchev–Trinajstić information content (AvgIpc) is 3.32. The molecule has 0 spiro atoms. The topological polar surface area (TPSA) is 36.3 Å². The van der Waals surface area contributed by atoms with Crippen molar-refractivity contribution in [2.75, 3.05) is 38.1 Å². The summed E-state index contributed by atoms with van der Waals surface area (Å²) in [6.45, 7) is 10.5. The fourth-order valence-electron chi connectivity index (χ4n) is 5.04. The molecule has 0 saturated carbocycles. The number of benzene rings is 2. The minimum Gasteiger partial charge on any atom is -0.368 e.